The molecule has 2 N–H and O–H groups in total. The standard InChI is InChI=1S/C26H32N8O/c1-2-28-9-10-29-23-5-3-21(4-6-23)22-15-25-24(7-8-30-34(25)19-22)31-11-13-32(14-12-31)26(35)33-17-20(16-27)18-33/h3-8,15,19-20,28-29H,2,9-14,17-18H2,1H3. The summed E-state index contributed by atoms with van der Waals surface area (Å²) in [5.74, 6) is -0.00976. The second-order valence-corrected chi connectivity index (χ2v) is 9.12. The quantitative estimate of drug-likeness (QED) is 0.514. The molecule has 2 aromatic heterocycles. The molecule has 0 saturated carbocycles. The van der Waals surface area contributed by atoms with Gasteiger partial charge < -0.3 is 25.3 Å². The van der Waals surface area contributed by atoms with Gasteiger partial charge in [0.15, 0.2) is 0 Å². The van der Waals surface area contributed by atoms with Crippen molar-refractivity contribution in [3.63, 3.8) is 0 Å². The Morgan fingerprint density at radius 3 is 2.54 bits per heavy atom. The van der Waals surface area contributed by atoms with Crippen LogP contribution in [0.5, 0.6) is 0 Å². The van der Waals surface area contributed by atoms with Gasteiger partial charge in [0.2, 0.25) is 0 Å². The minimum Gasteiger partial charge on any atom is -0.384 e. The molecule has 3 aromatic rings. The molecule has 0 atom stereocenters. The first-order chi connectivity index (χ1) is 17.2. The molecule has 2 aliphatic rings. The van der Waals surface area contributed by atoms with E-state index in [2.05, 4.69) is 76.2 Å². The fraction of sp³-hybridized carbons (Fsp3) is 0.423. The lowest BCUT2D eigenvalue weighted by atomic mass is 10.0. The van der Waals surface area contributed by atoms with Gasteiger partial charge in [-0.1, -0.05) is 19.1 Å². The highest BCUT2D eigenvalue weighted by Gasteiger charge is 2.34. The summed E-state index contributed by atoms with van der Waals surface area (Å²) in [5.41, 5.74) is 5.59. The number of likely N-dealkylation sites (N-methyl/N-ethyl adjacent to an activating group) is 1. The maximum Gasteiger partial charge on any atom is 0.320 e. The molecule has 5 rings (SSSR count). The molecule has 0 radical (unpaired) electrons. The summed E-state index contributed by atoms with van der Waals surface area (Å²) >= 11 is 0. The molecule has 0 bridgehead atoms. The first-order valence-electron chi connectivity index (χ1n) is 12.4. The number of nitrogens with zero attached hydrogens (tertiary/aromatic N) is 6. The maximum absolute atomic E-state index is 12.7. The summed E-state index contributed by atoms with van der Waals surface area (Å²) in [6, 6.07) is 15.0. The number of amides is 2. The number of rotatable bonds is 7. The maximum atomic E-state index is 12.7. The second kappa shape index (κ2) is 10.2. The van der Waals surface area contributed by atoms with Crippen LogP contribution in [0.3, 0.4) is 0 Å². The average Bonchev–Trinajstić information content (AvgIpc) is 3.31. The molecule has 0 spiro atoms. The van der Waals surface area contributed by atoms with E-state index in [1.54, 1.807) is 4.90 Å². The predicted octanol–water partition coefficient (Wildman–Crippen LogP) is 2.72. The molecule has 0 aliphatic carbocycles. The number of urea groups is 1. The van der Waals surface area contributed by atoms with Gasteiger partial charge in [0, 0.05) is 76.0 Å². The fourth-order valence-electron chi connectivity index (χ4n) is 4.73. The summed E-state index contributed by atoms with van der Waals surface area (Å²) in [7, 11) is 0. The molecular weight excluding hydrogens is 440 g/mol. The summed E-state index contributed by atoms with van der Waals surface area (Å²) in [6.45, 7) is 8.94. The van der Waals surface area contributed by atoms with E-state index in [4.69, 9.17) is 5.26 Å². The van der Waals surface area contributed by atoms with E-state index in [0.29, 0.717) is 26.2 Å². The van der Waals surface area contributed by atoms with Crippen molar-refractivity contribution in [1.82, 2.24) is 24.7 Å². The number of hydrogen-bond donors (Lipinski definition) is 2. The number of fused-ring (bicyclic) bond motifs is 1. The highest BCUT2D eigenvalue weighted by Crippen LogP contribution is 2.29. The van der Waals surface area contributed by atoms with Crippen LogP contribution in [0.2, 0.25) is 0 Å². The first kappa shape index (κ1) is 23.0. The number of piperazine rings is 1. The van der Waals surface area contributed by atoms with Crippen molar-refractivity contribution in [2.75, 3.05) is 69.1 Å². The van der Waals surface area contributed by atoms with E-state index in [1.807, 2.05) is 15.6 Å². The molecule has 9 nitrogen and oxygen atoms in total. The van der Waals surface area contributed by atoms with Crippen LogP contribution in [0, 0.1) is 17.2 Å². The average molecular weight is 473 g/mol. The first-order valence-corrected chi connectivity index (χ1v) is 12.4. The Kier molecular flexibility index (Phi) is 6.73. The molecular formula is C26H32N8O. The van der Waals surface area contributed by atoms with Gasteiger partial charge in [-0.2, -0.15) is 10.4 Å². The van der Waals surface area contributed by atoms with E-state index in [9.17, 15) is 4.79 Å². The molecule has 4 heterocycles. The van der Waals surface area contributed by atoms with Crippen LogP contribution in [0.15, 0.2) is 48.8 Å². The number of nitrogens with one attached hydrogen (secondary N) is 2. The topological polar surface area (TPSA) is 91.9 Å². The van der Waals surface area contributed by atoms with Crippen molar-refractivity contribution in [3.05, 3.63) is 48.8 Å². The lowest BCUT2D eigenvalue weighted by Crippen LogP contribution is -2.58. The van der Waals surface area contributed by atoms with Gasteiger partial charge in [-0.3, -0.25) is 0 Å². The zero-order valence-corrected chi connectivity index (χ0v) is 20.2. The van der Waals surface area contributed by atoms with Crippen molar-refractivity contribution in [3.8, 4) is 17.2 Å². The van der Waals surface area contributed by atoms with Crippen LogP contribution in [0.4, 0.5) is 16.2 Å². The van der Waals surface area contributed by atoms with Crippen LogP contribution >= 0.6 is 0 Å². The zero-order valence-electron chi connectivity index (χ0n) is 20.2. The molecule has 2 fully saturated rings. The predicted molar refractivity (Wildman–Crippen MR) is 138 cm³/mol. The molecule has 2 saturated heterocycles. The van der Waals surface area contributed by atoms with Crippen molar-refractivity contribution in [1.29, 1.82) is 5.26 Å². The van der Waals surface area contributed by atoms with Crippen molar-refractivity contribution in [2.45, 2.75) is 6.92 Å². The van der Waals surface area contributed by atoms with E-state index < -0.39 is 0 Å². The minimum absolute atomic E-state index is 0.00976. The Labute approximate surface area is 205 Å². The second-order valence-electron chi connectivity index (χ2n) is 9.12. The number of anilines is 2. The number of nitriles is 1. The van der Waals surface area contributed by atoms with Gasteiger partial charge in [0.05, 0.1) is 23.2 Å². The molecule has 2 amide bonds. The van der Waals surface area contributed by atoms with Gasteiger partial charge in [-0.05, 0) is 36.4 Å². The van der Waals surface area contributed by atoms with Gasteiger partial charge >= 0.3 is 6.03 Å². The number of likely N-dealkylation sites (tertiary alicyclic amines) is 1. The molecule has 2 aliphatic heterocycles. The molecule has 182 valence electrons. The van der Waals surface area contributed by atoms with Crippen molar-refractivity contribution < 1.29 is 4.79 Å². The zero-order chi connectivity index (χ0) is 24.2. The summed E-state index contributed by atoms with van der Waals surface area (Å²) in [6.07, 6.45) is 3.91. The highest BCUT2D eigenvalue weighted by molar-refractivity contribution is 5.81. The smallest absolute Gasteiger partial charge is 0.320 e. The number of aromatic nitrogens is 2. The Morgan fingerprint density at radius 1 is 1.06 bits per heavy atom. The van der Waals surface area contributed by atoms with Crippen LogP contribution in [-0.4, -0.2) is 84.3 Å². The van der Waals surface area contributed by atoms with Crippen molar-refractivity contribution >= 4 is 22.9 Å². The Bertz CT molecular complexity index is 1200. The Morgan fingerprint density at radius 2 is 1.83 bits per heavy atom. The molecule has 1 aromatic carbocycles. The lowest BCUT2D eigenvalue weighted by Gasteiger charge is -2.42. The molecule has 9 heteroatoms. The number of benzene rings is 1. The highest BCUT2D eigenvalue weighted by atomic mass is 16.2. The number of hydrogen-bond acceptors (Lipinski definition) is 6. The van der Waals surface area contributed by atoms with Crippen molar-refractivity contribution in [2.24, 2.45) is 5.92 Å². The van der Waals surface area contributed by atoms with Gasteiger partial charge in [0.25, 0.3) is 0 Å². The summed E-state index contributed by atoms with van der Waals surface area (Å²) < 4.78 is 1.94. The lowest BCUT2D eigenvalue weighted by molar-refractivity contribution is 0.106. The molecule has 35 heavy (non-hydrogen) atoms. The van der Waals surface area contributed by atoms with Crippen LogP contribution in [-0.2, 0) is 0 Å². The molecule has 0 unspecified atom stereocenters. The van der Waals surface area contributed by atoms with Gasteiger partial charge in [-0.25, -0.2) is 9.31 Å². The van der Waals surface area contributed by atoms with Crippen LogP contribution in [0.1, 0.15) is 6.92 Å². The van der Waals surface area contributed by atoms with Gasteiger partial charge in [-0.15, -0.1) is 0 Å². The summed E-state index contributed by atoms with van der Waals surface area (Å²) in [5, 5.41) is 20.2. The fourth-order valence-corrected chi connectivity index (χ4v) is 4.73. The Balaban J connectivity index is 1.24. The van der Waals surface area contributed by atoms with E-state index in [0.717, 1.165) is 60.7 Å². The Hall–Kier alpha value is -3.77. The van der Waals surface area contributed by atoms with Crippen LogP contribution < -0.4 is 15.5 Å². The largest absolute Gasteiger partial charge is 0.384 e. The third-order valence-corrected chi connectivity index (χ3v) is 6.81. The SMILES string of the molecule is CCNCCNc1ccc(-c2cc3c(N4CCN(C(=O)N5CC(C#N)C5)CC4)ccnn3c2)cc1. The van der Waals surface area contributed by atoms with E-state index in [1.165, 1.54) is 0 Å². The third kappa shape index (κ3) is 4.88. The summed E-state index contributed by atoms with van der Waals surface area (Å²) in [4.78, 5) is 18.7. The monoisotopic (exact) mass is 472 g/mol. The number of carbonyl (C=O) groups is 1. The van der Waals surface area contributed by atoms with E-state index >= 15 is 0 Å². The van der Waals surface area contributed by atoms with Crippen LogP contribution in [0.25, 0.3) is 16.6 Å². The van der Waals surface area contributed by atoms with E-state index in [-0.39, 0.29) is 11.9 Å². The third-order valence-electron chi connectivity index (χ3n) is 6.81. The number of carbonyl (C=O) groups excluding carboxylic acids is 1. The normalized spacial score (nSPS) is 16.3. The van der Waals surface area contributed by atoms with Gasteiger partial charge in [0.1, 0.15) is 0 Å². The minimum atomic E-state index is -0.00976.